The average Bonchev–Trinajstić information content (AvgIpc) is 3.39. The number of rotatable bonds is 8. The summed E-state index contributed by atoms with van der Waals surface area (Å²) in [6.45, 7) is 2.18. The minimum absolute atomic E-state index is 0.127. The van der Waals surface area contributed by atoms with Crippen molar-refractivity contribution in [3.05, 3.63) is 83.4 Å². The molecule has 1 N–H and O–H groups in total. The third-order valence-electron chi connectivity index (χ3n) is 7.76. The maximum Gasteiger partial charge on any atom is 0.258 e. The second-order valence-corrected chi connectivity index (χ2v) is 12.4. The summed E-state index contributed by atoms with van der Waals surface area (Å²) < 4.78 is 33.9. The van der Waals surface area contributed by atoms with E-state index in [4.69, 9.17) is 4.74 Å². The number of nitrogens with zero attached hydrogens (tertiary/aromatic N) is 2. The van der Waals surface area contributed by atoms with Gasteiger partial charge in [0.1, 0.15) is 5.75 Å². The quantitative estimate of drug-likeness (QED) is 0.410. The van der Waals surface area contributed by atoms with Crippen LogP contribution >= 0.6 is 0 Å². The van der Waals surface area contributed by atoms with E-state index >= 15 is 0 Å². The van der Waals surface area contributed by atoms with Gasteiger partial charge in [-0.05, 0) is 80.3 Å². The summed E-state index contributed by atoms with van der Waals surface area (Å²) in [7, 11) is -2.28. The number of sulfonamides is 1. The largest absolute Gasteiger partial charge is 0.497 e. The molecule has 1 aliphatic carbocycles. The van der Waals surface area contributed by atoms with Crippen molar-refractivity contribution in [2.24, 2.45) is 0 Å². The lowest BCUT2D eigenvalue weighted by atomic mass is 9.95. The number of nitrogens with one attached hydrogen (secondary N) is 1. The van der Waals surface area contributed by atoms with Crippen molar-refractivity contribution in [3.8, 4) is 5.75 Å². The van der Waals surface area contributed by atoms with E-state index in [0.717, 1.165) is 55.3 Å². The van der Waals surface area contributed by atoms with Gasteiger partial charge in [-0.1, -0.05) is 43.0 Å². The lowest BCUT2D eigenvalue weighted by Crippen LogP contribution is -2.45. The van der Waals surface area contributed by atoms with Crippen LogP contribution in [0.15, 0.2) is 71.6 Å². The molecule has 1 aliphatic heterocycles. The number of hydrogen-bond acceptors (Lipinski definition) is 5. The number of ether oxygens (including phenoxy) is 1. The zero-order valence-electron chi connectivity index (χ0n) is 22.9. The Hall–Kier alpha value is -3.69. The molecule has 0 spiro atoms. The molecule has 0 bridgehead atoms. The number of hydrogen-bond donors (Lipinski definition) is 1. The van der Waals surface area contributed by atoms with Gasteiger partial charge in [-0.25, -0.2) is 8.42 Å². The molecule has 9 heteroatoms. The Balaban J connectivity index is 1.34. The molecular formula is C31H35N3O5S. The standard InChI is InChI=1S/C31H35N3O5S/c1-22-8-16-28(17-9-22)40(37,38)34(26-6-4-3-5-7-26)21-30(35)32-25-13-10-23-18-19-33(29(23)20-25)31(36)24-11-14-27(39-2)15-12-24/h8-17,20,26H,3-7,18-19,21H2,1-2H3,(H,32,35). The molecule has 1 saturated carbocycles. The normalized spacial score (nSPS) is 15.6. The number of methoxy groups -OCH3 is 1. The first-order chi connectivity index (χ1) is 19.3. The van der Waals surface area contributed by atoms with Gasteiger partial charge in [0.05, 0.1) is 18.6 Å². The minimum Gasteiger partial charge on any atom is -0.497 e. The summed E-state index contributed by atoms with van der Waals surface area (Å²) in [4.78, 5) is 28.4. The number of aryl methyl sites for hydroxylation is 1. The SMILES string of the molecule is COc1ccc(C(=O)N2CCc3ccc(NC(=O)CN(C4CCCCC4)S(=O)(=O)c4ccc(C)cc4)cc32)cc1. The van der Waals surface area contributed by atoms with Crippen molar-refractivity contribution in [1.29, 1.82) is 0 Å². The summed E-state index contributed by atoms with van der Waals surface area (Å²) in [5.74, 6) is 0.139. The zero-order valence-corrected chi connectivity index (χ0v) is 23.7. The van der Waals surface area contributed by atoms with Crippen LogP contribution in [0.1, 0.15) is 53.6 Å². The van der Waals surface area contributed by atoms with Gasteiger partial charge in [-0.15, -0.1) is 0 Å². The second kappa shape index (κ2) is 11.8. The van der Waals surface area contributed by atoms with Crippen LogP contribution in [-0.2, 0) is 21.2 Å². The third-order valence-corrected chi connectivity index (χ3v) is 9.67. The van der Waals surface area contributed by atoms with Crippen LogP contribution in [0.2, 0.25) is 0 Å². The van der Waals surface area contributed by atoms with Crippen LogP contribution in [0.4, 0.5) is 11.4 Å². The molecule has 3 aromatic rings. The maximum absolute atomic E-state index is 13.7. The van der Waals surface area contributed by atoms with Crippen molar-refractivity contribution in [3.63, 3.8) is 0 Å². The molecule has 1 fully saturated rings. The fourth-order valence-electron chi connectivity index (χ4n) is 5.52. The van der Waals surface area contributed by atoms with E-state index in [1.807, 2.05) is 13.0 Å². The Morgan fingerprint density at radius 2 is 1.68 bits per heavy atom. The Morgan fingerprint density at radius 1 is 0.975 bits per heavy atom. The molecule has 0 radical (unpaired) electrons. The molecule has 210 valence electrons. The number of carbonyl (C=O) groups excluding carboxylic acids is 2. The Labute approximate surface area is 236 Å². The van der Waals surface area contributed by atoms with E-state index in [1.165, 1.54) is 4.31 Å². The number of benzene rings is 3. The Kier molecular flexibility index (Phi) is 8.23. The molecule has 1 heterocycles. The van der Waals surface area contributed by atoms with Gasteiger partial charge in [0.25, 0.3) is 5.91 Å². The molecule has 8 nitrogen and oxygen atoms in total. The zero-order chi connectivity index (χ0) is 28.3. The fraction of sp³-hybridized carbons (Fsp3) is 0.355. The first kappa shape index (κ1) is 27.9. The lowest BCUT2D eigenvalue weighted by molar-refractivity contribution is -0.116. The highest BCUT2D eigenvalue weighted by Crippen LogP contribution is 2.33. The third kappa shape index (κ3) is 5.90. The van der Waals surface area contributed by atoms with E-state index in [0.29, 0.717) is 23.5 Å². The fourth-order valence-corrected chi connectivity index (χ4v) is 7.17. The Bertz CT molecular complexity index is 1480. The van der Waals surface area contributed by atoms with Crippen LogP contribution in [0.3, 0.4) is 0 Å². The number of fused-ring (bicyclic) bond motifs is 1. The highest BCUT2D eigenvalue weighted by molar-refractivity contribution is 7.89. The van der Waals surface area contributed by atoms with Gasteiger partial charge < -0.3 is 15.0 Å². The Morgan fingerprint density at radius 3 is 2.35 bits per heavy atom. The number of amides is 2. The molecule has 0 aromatic heterocycles. The maximum atomic E-state index is 13.7. The van der Waals surface area contributed by atoms with Gasteiger partial charge in [0.2, 0.25) is 15.9 Å². The van der Waals surface area contributed by atoms with E-state index in [-0.39, 0.29) is 23.4 Å². The highest BCUT2D eigenvalue weighted by atomic mass is 32.2. The molecule has 0 atom stereocenters. The predicted octanol–water partition coefficient (Wildman–Crippen LogP) is 5.17. The molecule has 2 aliphatic rings. The molecule has 0 unspecified atom stereocenters. The first-order valence-corrected chi connectivity index (χ1v) is 15.2. The minimum atomic E-state index is -3.86. The van der Waals surface area contributed by atoms with Gasteiger partial charge in [-0.2, -0.15) is 4.31 Å². The summed E-state index contributed by atoms with van der Waals surface area (Å²) in [6.07, 6.45) is 5.14. The highest BCUT2D eigenvalue weighted by Gasteiger charge is 2.34. The van der Waals surface area contributed by atoms with Crippen molar-refractivity contribution < 1.29 is 22.7 Å². The second-order valence-electron chi connectivity index (χ2n) is 10.5. The summed E-state index contributed by atoms with van der Waals surface area (Å²) >= 11 is 0. The summed E-state index contributed by atoms with van der Waals surface area (Å²) in [5, 5.41) is 2.89. The number of carbonyl (C=O) groups is 2. The van der Waals surface area contributed by atoms with Crippen LogP contribution in [0, 0.1) is 6.92 Å². The van der Waals surface area contributed by atoms with Crippen LogP contribution < -0.4 is 15.0 Å². The van der Waals surface area contributed by atoms with Crippen molar-refractivity contribution in [2.45, 2.75) is 56.4 Å². The molecule has 0 saturated heterocycles. The predicted molar refractivity (Wildman–Crippen MR) is 155 cm³/mol. The van der Waals surface area contributed by atoms with E-state index in [1.54, 1.807) is 72.7 Å². The first-order valence-electron chi connectivity index (χ1n) is 13.7. The molecule has 2 amide bonds. The van der Waals surface area contributed by atoms with Crippen molar-refractivity contribution in [1.82, 2.24) is 4.31 Å². The topological polar surface area (TPSA) is 96.0 Å². The van der Waals surface area contributed by atoms with E-state index in [2.05, 4.69) is 5.32 Å². The molecule has 3 aromatic carbocycles. The van der Waals surface area contributed by atoms with Crippen molar-refractivity contribution >= 4 is 33.2 Å². The average molecular weight is 562 g/mol. The summed E-state index contributed by atoms with van der Waals surface area (Å²) in [5.41, 5.74) is 3.81. The van der Waals surface area contributed by atoms with Crippen LogP contribution in [0.5, 0.6) is 5.75 Å². The smallest absolute Gasteiger partial charge is 0.258 e. The molecule has 40 heavy (non-hydrogen) atoms. The molecular weight excluding hydrogens is 526 g/mol. The van der Waals surface area contributed by atoms with Gasteiger partial charge >= 0.3 is 0 Å². The van der Waals surface area contributed by atoms with E-state index < -0.39 is 15.9 Å². The van der Waals surface area contributed by atoms with Crippen molar-refractivity contribution in [2.75, 3.05) is 30.4 Å². The number of anilines is 2. The van der Waals surface area contributed by atoms with Crippen LogP contribution in [-0.4, -0.2) is 50.8 Å². The molecule has 5 rings (SSSR count). The van der Waals surface area contributed by atoms with Gasteiger partial charge in [-0.3, -0.25) is 9.59 Å². The van der Waals surface area contributed by atoms with Gasteiger partial charge in [0, 0.05) is 29.5 Å². The lowest BCUT2D eigenvalue weighted by Gasteiger charge is -2.33. The van der Waals surface area contributed by atoms with Crippen LogP contribution in [0.25, 0.3) is 0 Å². The van der Waals surface area contributed by atoms with E-state index in [9.17, 15) is 18.0 Å². The monoisotopic (exact) mass is 561 g/mol. The van der Waals surface area contributed by atoms with Gasteiger partial charge in [0.15, 0.2) is 0 Å². The summed E-state index contributed by atoms with van der Waals surface area (Å²) in [6, 6.07) is 19.0.